The molecule has 1 atom stereocenters. The number of piperidine rings is 1. The van der Waals surface area contributed by atoms with E-state index < -0.39 is 0 Å². The fraction of sp³-hybridized carbons (Fsp3) is 0.857. The maximum absolute atomic E-state index is 11.7. The highest BCUT2D eigenvalue weighted by atomic mass is 16.2. The SMILES string of the molecule is CC(=O)NCC(=O)NC1CCNC2(CCCCC2)C1. The Hall–Kier alpha value is -1.10. The van der Waals surface area contributed by atoms with E-state index in [1.54, 1.807) is 0 Å². The number of amides is 2. The summed E-state index contributed by atoms with van der Waals surface area (Å²) in [5.74, 6) is -0.239. The number of carbonyl (C=O) groups is 2. The molecule has 1 saturated carbocycles. The molecule has 2 fully saturated rings. The quantitative estimate of drug-likeness (QED) is 0.705. The molecule has 1 saturated heterocycles. The van der Waals surface area contributed by atoms with Gasteiger partial charge in [0.25, 0.3) is 0 Å². The minimum Gasteiger partial charge on any atom is -0.352 e. The van der Waals surface area contributed by atoms with Crippen molar-refractivity contribution < 1.29 is 9.59 Å². The summed E-state index contributed by atoms with van der Waals surface area (Å²) in [6, 6.07) is 0.251. The van der Waals surface area contributed by atoms with E-state index in [-0.39, 0.29) is 29.9 Å². The Kier molecular flexibility index (Phi) is 4.80. The molecule has 1 heterocycles. The first-order valence-electron chi connectivity index (χ1n) is 7.38. The van der Waals surface area contributed by atoms with Gasteiger partial charge in [-0.25, -0.2) is 0 Å². The molecule has 0 bridgehead atoms. The van der Waals surface area contributed by atoms with Crippen LogP contribution in [0.1, 0.15) is 51.9 Å². The van der Waals surface area contributed by atoms with Crippen LogP contribution in [0, 0.1) is 0 Å². The average Bonchev–Trinajstić information content (AvgIpc) is 2.37. The van der Waals surface area contributed by atoms with Crippen molar-refractivity contribution in [2.24, 2.45) is 0 Å². The Balaban J connectivity index is 1.80. The minimum atomic E-state index is -0.163. The summed E-state index contributed by atoms with van der Waals surface area (Å²) < 4.78 is 0. The average molecular weight is 267 g/mol. The Morgan fingerprint density at radius 3 is 2.68 bits per heavy atom. The lowest BCUT2D eigenvalue weighted by molar-refractivity contribution is -0.125. The molecule has 2 aliphatic rings. The summed E-state index contributed by atoms with van der Waals surface area (Å²) in [6.45, 7) is 2.49. The molecule has 0 aromatic rings. The molecule has 0 radical (unpaired) electrons. The van der Waals surface area contributed by atoms with Crippen LogP contribution in [-0.2, 0) is 9.59 Å². The number of hydrogen-bond donors (Lipinski definition) is 3. The van der Waals surface area contributed by atoms with Gasteiger partial charge in [-0.2, -0.15) is 0 Å². The zero-order valence-corrected chi connectivity index (χ0v) is 11.8. The molecule has 5 heteroatoms. The third-order valence-corrected chi connectivity index (χ3v) is 4.30. The van der Waals surface area contributed by atoms with Crippen LogP contribution in [-0.4, -0.2) is 36.5 Å². The molecule has 2 rings (SSSR count). The van der Waals surface area contributed by atoms with Gasteiger partial charge in [-0.1, -0.05) is 19.3 Å². The molecular weight excluding hydrogens is 242 g/mol. The van der Waals surface area contributed by atoms with E-state index in [1.165, 1.54) is 39.0 Å². The van der Waals surface area contributed by atoms with Crippen molar-refractivity contribution in [3.8, 4) is 0 Å². The first-order chi connectivity index (χ1) is 9.10. The third-order valence-electron chi connectivity index (χ3n) is 4.30. The van der Waals surface area contributed by atoms with E-state index in [1.807, 2.05) is 0 Å². The molecule has 1 spiro atoms. The van der Waals surface area contributed by atoms with Crippen LogP contribution in [0.4, 0.5) is 0 Å². The second kappa shape index (κ2) is 6.37. The van der Waals surface area contributed by atoms with Crippen LogP contribution < -0.4 is 16.0 Å². The Bertz CT molecular complexity index is 332. The van der Waals surface area contributed by atoms with Crippen LogP contribution in [0.2, 0.25) is 0 Å². The Morgan fingerprint density at radius 2 is 2.00 bits per heavy atom. The predicted octanol–water partition coefficient (Wildman–Crippen LogP) is 0.694. The van der Waals surface area contributed by atoms with Gasteiger partial charge in [0.2, 0.25) is 11.8 Å². The largest absolute Gasteiger partial charge is 0.352 e. The summed E-state index contributed by atoms with van der Waals surface area (Å²) in [5, 5.41) is 9.26. The van der Waals surface area contributed by atoms with E-state index in [2.05, 4.69) is 16.0 Å². The number of carbonyl (C=O) groups excluding carboxylic acids is 2. The molecule has 0 aromatic carbocycles. The normalized spacial score (nSPS) is 25.8. The van der Waals surface area contributed by atoms with Crippen molar-refractivity contribution >= 4 is 11.8 Å². The summed E-state index contributed by atoms with van der Waals surface area (Å²) in [4.78, 5) is 22.5. The third kappa shape index (κ3) is 4.20. The second-order valence-corrected chi connectivity index (χ2v) is 5.93. The highest BCUT2D eigenvalue weighted by Crippen LogP contribution is 2.34. The van der Waals surface area contributed by atoms with Crippen molar-refractivity contribution in [2.75, 3.05) is 13.1 Å². The second-order valence-electron chi connectivity index (χ2n) is 5.93. The van der Waals surface area contributed by atoms with Crippen LogP contribution in [0.15, 0.2) is 0 Å². The van der Waals surface area contributed by atoms with E-state index in [4.69, 9.17) is 0 Å². The van der Waals surface area contributed by atoms with Gasteiger partial charge in [0, 0.05) is 18.5 Å². The van der Waals surface area contributed by atoms with Gasteiger partial charge in [0.15, 0.2) is 0 Å². The van der Waals surface area contributed by atoms with Crippen LogP contribution in [0.25, 0.3) is 0 Å². The maximum atomic E-state index is 11.7. The van der Waals surface area contributed by atoms with E-state index >= 15 is 0 Å². The van der Waals surface area contributed by atoms with Crippen LogP contribution in [0.3, 0.4) is 0 Å². The van der Waals surface area contributed by atoms with E-state index in [0.29, 0.717) is 0 Å². The van der Waals surface area contributed by atoms with Crippen LogP contribution in [0.5, 0.6) is 0 Å². The Labute approximate surface area is 114 Å². The Morgan fingerprint density at radius 1 is 1.26 bits per heavy atom. The van der Waals surface area contributed by atoms with Crippen molar-refractivity contribution in [1.82, 2.24) is 16.0 Å². The summed E-state index contributed by atoms with van der Waals surface area (Å²) >= 11 is 0. The highest BCUT2D eigenvalue weighted by molar-refractivity contribution is 5.83. The zero-order valence-electron chi connectivity index (χ0n) is 11.8. The first kappa shape index (κ1) is 14.3. The zero-order chi connectivity index (χ0) is 13.7. The molecule has 2 amide bonds. The topological polar surface area (TPSA) is 70.2 Å². The van der Waals surface area contributed by atoms with Crippen LogP contribution >= 0.6 is 0 Å². The lowest BCUT2D eigenvalue weighted by Gasteiger charge is -2.44. The van der Waals surface area contributed by atoms with E-state index in [0.717, 1.165) is 19.4 Å². The number of nitrogens with one attached hydrogen (secondary N) is 3. The molecule has 19 heavy (non-hydrogen) atoms. The van der Waals surface area contributed by atoms with Gasteiger partial charge in [0.05, 0.1) is 6.54 Å². The van der Waals surface area contributed by atoms with E-state index in [9.17, 15) is 9.59 Å². The van der Waals surface area contributed by atoms with Gasteiger partial charge < -0.3 is 16.0 Å². The number of hydrogen-bond acceptors (Lipinski definition) is 3. The minimum absolute atomic E-state index is 0.0759. The van der Waals surface area contributed by atoms with Gasteiger partial charge in [0.1, 0.15) is 0 Å². The summed E-state index contributed by atoms with van der Waals surface area (Å²) in [7, 11) is 0. The van der Waals surface area contributed by atoms with Crippen molar-refractivity contribution in [2.45, 2.75) is 63.5 Å². The molecule has 1 aliphatic carbocycles. The number of rotatable bonds is 3. The monoisotopic (exact) mass is 267 g/mol. The van der Waals surface area contributed by atoms with Gasteiger partial charge in [-0.3, -0.25) is 9.59 Å². The molecule has 108 valence electrons. The fourth-order valence-corrected chi connectivity index (χ4v) is 3.37. The van der Waals surface area contributed by atoms with Gasteiger partial charge >= 0.3 is 0 Å². The highest BCUT2D eigenvalue weighted by Gasteiger charge is 2.37. The predicted molar refractivity (Wildman–Crippen MR) is 73.7 cm³/mol. The van der Waals surface area contributed by atoms with Crippen molar-refractivity contribution in [1.29, 1.82) is 0 Å². The van der Waals surface area contributed by atoms with Crippen molar-refractivity contribution in [3.63, 3.8) is 0 Å². The standard InChI is InChI=1S/C14H25N3O2/c1-11(18)15-10-13(19)17-12-5-8-16-14(9-12)6-3-2-4-7-14/h12,16H,2-10H2,1H3,(H,15,18)(H,17,19). The molecular formula is C14H25N3O2. The van der Waals surface area contributed by atoms with Crippen molar-refractivity contribution in [3.05, 3.63) is 0 Å². The molecule has 3 N–H and O–H groups in total. The molecule has 1 unspecified atom stereocenters. The molecule has 1 aliphatic heterocycles. The lowest BCUT2D eigenvalue weighted by Crippen LogP contribution is -2.57. The maximum Gasteiger partial charge on any atom is 0.239 e. The van der Waals surface area contributed by atoms with Gasteiger partial charge in [-0.05, 0) is 32.2 Å². The summed E-state index contributed by atoms with van der Waals surface area (Å²) in [5.41, 5.74) is 0.252. The first-order valence-corrected chi connectivity index (χ1v) is 7.38. The fourth-order valence-electron chi connectivity index (χ4n) is 3.37. The molecule has 5 nitrogen and oxygen atoms in total. The lowest BCUT2D eigenvalue weighted by atomic mass is 9.75. The van der Waals surface area contributed by atoms with Gasteiger partial charge in [-0.15, -0.1) is 0 Å². The smallest absolute Gasteiger partial charge is 0.239 e. The summed E-state index contributed by atoms with van der Waals surface area (Å²) in [6.07, 6.45) is 8.38. The molecule has 0 aromatic heterocycles.